The van der Waals surface area contributed by atoms with Crippen LogP contribution < -0.4 is 10.6 Å². The quantitative estimate of drug-likeness (QED) is 0.457. The molecule has 2 N–H and O–H groups in total. The summed E-state index contributed by atoms with van der Waals surface area (Å²) in [6.07, 6.45) is 8.73. The maximum Gasteiger partial charge on any atom is 0.320 e. The molecule has 1 aliphatic rings. The number of pyridine rings is 3. The minimum absolute atomic E-state index is 0.0973. The molecular formula is C24H26N8O2. The van der Waals surface area contributed by atoms with Crippen LogP contribution in [0.4, 0.5) is 10.6 Å². The molecule has 0 bridgehead atoms. The van der Waals surface area contributed by atoms with Crippen LogP contribution in [0.5, 0.6) is 0 Å². The van der Waals surface area contributed by atoms with Crippen molar-refractivity contribution in [2.24, 2.45) is 0 Å². The van der Waals surface area contributed by atoms with Crippen molar-refractivity contribution >= 4 is 22.8 Å². The molecule has 5 heterocycles. The van der Waals surface area contributed by atoms with Crippen LogP contribution >= 0.6 is 0 Å². The van der Waals surface area contributed by atoms with Crippen molar-refractivity contribution in [2.75, 3.05) is 25.5 Å². The van der Waals surface area contributed by atoms with E-state index in [1.165, 1.54) is 0 Å². The Morgan fingerprint density at radius 3 is 2.85 bits per heavy atom. The summed E-state index contributed by atoms with van der Waals surface area (Å²) in [6.45, 7) is 4.11. The molecule has 0 aliphatic carbocycles. The predicted octanol–water partition coefficient (Wildman–Crippen LogP) is 2.54. The maximum atomic E-state index is 12.7. The van der Waals surface area contributed by atoms with Gasteiger partial charge in [-0.15, -0.1) is 0 Å². The molecule has 10 nitrogen and oxygen atoms in total. The number of fused-ring (bicyclic) bond motifs is 1. The average molecular weight is 459 g/mol. The molecule has 0 aromatic carbocycles. The fourth-order valence-electron chi connectivity index (χ4n) is 4.29. The van der Waals surface area contributed by atoms with E-state index in [1.807, 2.05) is 43.5 Å². The van der Waals surface area contributed by atoms with Crippen LogP contribution in [0.2, 0.25) is 0 Å². The van der Waals surface area contributed by atoms with Crippen molar-refractivity contribution in [1.29, 1.82) is 0 Å². The van der Waals surface area contributed by atoms with Crippen LogP contribution in [-0.2, 0) is 11.3 Å². The topological polar surface area (TPSA) is 110 Å². The van der Waals surface area contributed by atoms with Gasteiger partial charge in [0.25, 0.3) is 0 Å². The van der Waals surface area contributed by atoms with Gasteiger partial charge in [0.1, 0.15) is 5.82 Å². The van der Waals surface area contributed by atoms with Crippen LogP contribution in [-0.4, -0.2) is 68.0 Å². The van der Waals surface area contributed by atoms with Crippen molar-refractivity contribution in [3.05, 3.63) is 72.6 Å². The van der Waals surface area contributed by atoms with Gasteiger partial charge in [-0.3, -0.25) is 20.2 Å². The number of nitrogens with zero attached hydrogens (tertiary/aromatic N) is 6. The highest BCUT2D eigenvalue weighted by atomic mass is 16.5. The van der Waals surface area contributed by atoms with Crippen LogP contribution in [0.1, 0.15) is 11.3 Å². The highest BCUT2D eigenvalue weighted by Crippen LogP contribution is 2.21. The van der Waals surface area contributed by atoms with Gasteiger partial charge in [0, 0.05) is 56.4 Å². The van der Waals surface area contributed by atoms with Gasteiger partial charge in [-0.25, -0.2) is 14.5 Å². The number of anilines is 1. The Bertz CT molecular complexity index is 1290. The largest absolute Gasteiger partial charge is 0.378 e. The Labute approximate surface area is 197 Å². The van der Waals surface area contributed by atoms with E-state index in [2.05, 4.69) is 35.6 Å². The van der Waals surface area contributed by atoms with E-state index in [0.29, 0.717) is 12.4 Å². The van der Waals surface area contributed by atoms with Gasteiger partial charge in [-0.2, -0.15) is 5.10 Å². The number of likely N-dealkylation sites (tertiary alicyclic amines) is 1. The lowest BCUT2D eigenvalue weighted by Crippen LogP contribution is -2.45. The van der Waals surface area contributed by atoms with E-state index in [1.54, 1.807) is 36.6 Å². The highest BCUT2D eigenvalue weighted by Gasteiger charge is 2.34. The number of aryl methyl sites for hydroxylation is 1. The standard InChI is InChI=1S/C24H26N8O2/c1-16-8-19(5-7-26-16)32-21-12-27-23(9-18(21)11-28-32)30-24(33)29-20-14-31(15-22(20)34-2)13-17-4-3-6-25-10-17/h3-12,20,22H,13-15H2,1-2H3,(H2,27,29,30,33)/t20-,22-/m0/s1. The van der Waals surface area contributed by atoms with Crippen molar-refractivity contribution in [1.82, 2.24) is 34.9 Å². The van der Waals surface area contributed by atoms with Crippen molar-refractivity contribution in [3.63, 3.8) is 0 Å². The van der Waals surface area contributed by atoms with Gasteiger partial charge in [0.15, 0.2) is 0 Å². The lowest BCUT2D eigenvalue weighted by atomic mass is 10.2. The summed E-state index contributed by atoms with van der Waals surface area (Å²) in [5.74, 6) is 0.453. The Hall–Kier alpha value is -3.89. The molecule has 174 valence electrons. The normalized spacial score (nSPS) is 18.3. The number of aromatic nitrogens is 5. The number of methoxy groups -OCH3 is 1. The molecule has 0 spiro atoms. The third kappa shape index (κ3) is 4.73. The van der Waals surface area contributed by atoms with Crippen LogP contribution in [0, 0.1) is 6.92 Å². The van der Waals surface area contributed by atoms with Gasteiger partial charge in [0.05, 0.1) is 35.7 Å². The maximum absolute atomic E-state index is 12.7. The van der Waals surface area contributed by atoms with Crippen molar-refractivity contribution < 1.29 is 9.53 Å². The molecule has 1 fully saturated rings. The van der Waals surface area contributed by atoms with E-state index in [-0.39, 0.29) is 18.2 Å². The molecule has 0 radical (unpaired) electrons. The number of amides is 2. The average Bonchev–Trinajstić information content (AvgIpc) is 3.43. The Balaban J connectivity index is 1.23. The Morgan fingerprint density at radius 1 is 1.15 bits per heavy atom. The zero-order valence-corrected chi connectivity index (χ0v) is 19.0. The van der Waals surface area contributed by atoms with E-state index in [9.17, 15) is 4.79 Å². The number of urea groups is 1. The van der Waals surface area contributed by atoms with E-state index >= 15 is 0 Å². The molecule has 4 aromatic heterocycles. The number of carbonyl (C=O) groups excluding carboxylic acids is 1. The number of rotatable bonds is 6. The third-order valence-electron chi connectivity index (χ3n) is 5.91. The molecular weight excluding hydrogens is 432 g/mol. The third-order valence-corrected chi connectivity index (χ3v) is 5.91. The fraction of sp³-hybridized carbons (Fsp3) is 0.292. The Kier molecular flexibility index (Phi) is 6.15. The molecule has 10 heteroatoms. The molecule has 2 atom stereocenters. The zero-order chi connectivity index (χ0) is 23.5. The SMILES string of the molecule is CO[C@H]1CN(Cc2cccnc2)C[C@@H]1NC(=O)Nc1cc2cnn(-c3ccnc(C)c3)c2cn1. The zero-order valence-electron chi connectivity index (χ0n) is 19.0. The fourth-order valence-corrected chi connectivity index (χ4v) is 4.29. The lowest BCUT2D eigenvalue weighted by molar-refractivity contribution is 0.0916. The molecule has 1 aliphatic heterocycles. The summed E-state index contributed by atoms with van der Waals surface area (Å²) in [5.41, 5.74) is 3.79. The molecule has 0 saturated carbocycles. The summed E-state index contributed by atoms with van der Waals surface area (Å²) in [4.78, 5) is 27.8. The summed E-state index contributed by atoms with van der Waals surface area (Å²) in [5, 5.41) is 11.2. The van der Waals surface area contributed by atoms with E-state index in [0.717, 1.165) is 40.9 Å². The van der Waals surface area contributed by atoms with Gasteiger partial charge in [0.2, 0.25) is 0 Å². The number of hydrogen-bond acceptors (Lipinski definition) is 7. The van der Waals surface area contributed by atoms with Crippen molar-refractivity contribution in [3.8, 4) is 5.69 Å². The van der Waals surface area contributed by atoms with E-state index < -0.39 is 0 Å². The van der Waals surface area contributed by atoms with Crippen LogP contribution in [0.25, 0.3) is 16.6 Å². The summed E-state index contributed by atoms with van der Waals surface area (Å²) < 4.78 is 7.43. The van der Waals surface area contributed by atoms with Crippen molar-refractivity contribution in [2.45, 2.75) is 25.6 Å². The number of nitrogens with one attached hydrogen (secondary N) is 2. The molecule has 4 aromatic rings. The molecule has 1 saturated heterocycles. The molecule has 5 rings (SSSR count). The first-order valence-electron chi connectivity index (χ1n) is 11.1. The predicted molar refractivity (Wildman–Crippen MR) is 128 cm³/mol. The second-order valence-electron chi connectivity index (χ2n) is 8.37. The van der Waals surface area contributed by atoms with Gasteiger partial charge in [-0.05, 0) is 36.8 Å². The minimum atomic E-state index is -0.320. The summed E-state index contributed by atoms with van der Waals surface area (Å²) in [7, 11) is 1.67. The first-order chi connectivity index (χ1) is 16.6. The van der Waals surface area contributed by atoms with Gasteiger partial charge < -0.3 is 10.1 Å². The van der Waals surface area contributed by atoms with Gasteiger partial charge in [-0.1, -0.05) is 6.07 Å². The monoisotopic (exact) mass is 458 g/mol. The van der Waals surface area contributed by atoms with Gasteiger partial charge >= 0.3 is 6.03 Å². The second kappa shape index (κ2) is 9.54. The van der Waals surface area contributed by atoms with Crippen LogP contribution in [0.15, 0.2) is 61.3 Å². The van der Waals surface area contributed by atoms with Crippen LogP contribution in [0.3, 0.4) is 0 Å². The number of carbonyl (C=O) groups is 1. The summed E-state index contributed by atoms with van der Waals surface area (Å²) >= 11 is 0. The Morgan fingerprint density at radius 2 is 2.06 bits per heavy atom. The van der Waals surface area contributed by atoms with E-state index in [4.69, 9.17) is 4.74 Å². The number of ether oxygens (including phenoxy) is 1. The molecule has 0 unspecified atom stereocenters. The first kappa shape index (κ1) is 21.9. The number of hydrogen-bond donors (Lipinski definition) is 2. The molecule has 34 heavy (non-hydrogen) atoms. The first-order valence-corrected chi connectivity index (χ1v) is 11.1. The second-order valence-corrected chi connectivity index (χ2v) is 8.37. The smallest absolute Gasteiger partial charge is 0.320 e. The molecule has 2 amide bonds. The summed E-state index contributed by atoms with van der Waals surface area (Å²) in [6, 6.07) is 9.17. The minimum Gasteiger partial charge on any atom is -0.378 e. The lowest BCUT2D eigenvalue weighted by Gasteiger charge is -2.18. The highest BCUT2D eigenvalue weighted by molar-refractivity contribution is 5.91.